The minimum absolute atomic E-state index is 0. The number of benzene rings is 2. The number of aromatic hydroxyl groups is 1. The number of para-hydroxylation sites is 1. The highest BCUT2D eigenvalue weighted by Crippen LogP contribution is 2.29. The summed E-state index contributed by atoms with van der Waals surface area (Å²) in [6.07, 6.45) is 3.09. The molecule has 0 atom stereocenters. The number of amides is 3. The first-order chi connectivity index (χ1) is 20.3. The van der Waals surface area contributed by atoms with Gasteiger partial charge in [0, 0.05) is 49.7 Å². The first-order valence-corrected chi connectivity index (χ1v) is 13.5. The Bertz CT molecular complexity index is 1690. The zero-order valence-corrected chi connectivity index (χ0v) is 24.3. The molecule has 4 aromatic rings. The van der Waals surface area contributed by atoms with Gasteiger partial charge in [-0.1, -0.05) is 29.8 Å². The van der Waals surface area contributed by atoms with Crippen LogP contribution in [0.25, 0.3) is 11.1 Å². The summed E-state index contributed by atoms with van der Waals surface area (Å²) in [6, 6.07) is 17.3. The molecule has 1 fully saturated rings. The second-order valence-corrected chi connectivity index (χ2v) is 10.0. The van der Waals surface area contributed by atoms with E-state index in [4.69, 9.17) is 11.6 Å². The summed E-state index contributed by atoms with van der Waals surface area (Å²) in [5, 5.41) is 18.9. The minimum Gasteiger partial charge on any atom is -0.506 e. The maximum Gasteiger partial charge on any atom is 0.259 e. The summed E-state index contributed by atoms with van der Waals surface area (Å²) in [6.45, 7) is 2.64. The average Bonchev–Trinajstić information content (AvgIpc) is 2.99. The molecule has 13 heteroatoms. The van der Waals surface area contributed by atoms with Crippen molar-refractivity contribution in [1.29, 1.82) is 0 Å². The molecule has 43 heavy (non-hydrogen) atoms. The standard InChI is InChI=1S/C30H27ClN6O5.ClH/c31-21-10-11-25(33-17-21)34-29(41)23-3-1-5-24(38)27(23)35-28(40)20-8-6-19(7-9-20)22-4-2-13-37(30(22)42)16-15-36-14-12-32-26(39)18-36;/h1-11,13,17,38H,12,14-16,18H2,(H,32,39)(H,35,40)(H,33,34,41);1H. The Morgan fingerprint density at radius 1 is 0.953 bits per heavy atom. The van der Waals surface area contributed by atoms with Gasteiger partial charge in [0.05, 0.1) is 22.8 Å². The summed E-state index contributed by atoms with van der Waals surface area (Å²) in [7, 11) is 0. The van der Waals surface area contributed by atoms with Gasteiger partial charge in [0.15, 0.2) is 0 Å². The van der Waals surface area contributed by atoms with Crippen LogP contribution in [0, 0.1) is 0 Å². The molecule has 1 saturated heterocycles. The van der Waals surface area contributed by atoms with E-state index in [0.717, 1.165) is 6.54 Å². The van der Waals surface area contributed by atoms with Gasteiger partial charge >= 0.3 is 0 Å². The average molecular weight is 623 g/mol. The number of carbonyl (C=O) groups is 3. The van der Waals surface area contributed by atoms with Crippen LogP contribution in [0.3, 0.4) is 0 Å². The number of hydrogen-bond acceptors (Lipinski definition) is 7. The minimum atomic E-state index is -0.588. The molecule has 222 valence electrons. The molecule has 11 nitrogen and oxygen atoms in total. The highest BCUT2D eigenvalue weighted by molar-refractivity contribution is 6.30. The molecule has 4 N–H and O–H groups in total. The summed E-state index contributed by atoms with van der Waals surface area (Å²) >= 11 is 5.84. The first-order valence-electron chi connectivity index (χ1n) is 13.1. The molecule has 0 radical (unpaired) electrons. The van der Waals surface area contributed by atoms with Crippen molar-refractivity contribution in [3.63, 3.8) is 0 Å². The molecule has 2 aromatic carbocycles. The number of piperazine rings is 1. The molecule has 0 bridgehead atoms. The van der Waals surface area contributed by atoms with E-state index in [0.29, 0.717) is 42.3 Å². The van der Waals surface area contributed by atoms with Crippen molar-refractivity contribution in [2.24, 2.45) is 0 Å². The summed E-state index contributed by atoms with van der Waals surface area (Å²) in [5.41, 5.74) is 1.14. The number of anilines is 2. The van der Waals surface area contributed by atoms with Crippen LogP contribution >= 0.6 is 24.0 Å². The van der Waals surface area contributed by atoms with Crippen LogP contribution in [0.4, 0.5) is 11.5 Å². The van der Waals surface area contributed by atoms with Crippen LogP contribution in [0.2, 0.25) is 5.02 Å². The molecule has 3 amide bonds. The number of nitrogens with zero attached hydrogens (tertiary/aromatic N) is 3. The number of pyridine rings is 2. The number of rotatable bonds is 8. The smallest absolute Gasteiger partial charge is 0.259 e. The van der Waals surface area contributed by atoms with Crippen LogP contribution in [0.1, 0.15) is 20.7 Å². The predicted octanol–water partition coefficient (Wildman–Crippen LogP) is 3.63. The predicted molar refractivity (Wildman–Crippen MR) is 166 cm³/mol. The van der Waals surface area contributed by atoms with Crippen molar-refractivity contribution in [2.45, 2.75) is 6.54 Å². The number of phenols is 1. The molecule has 1 aliphatic rings. The highest BCUT2D eigenvalue weighted by Gasteiger charge is 2.19. The molecular formula is C30H28Cl2N6O5. The van der Waals surface area contributed by atoms with Crippen molar-refractivity contribution < 1.29 is 19.5 Å². The van der Waals surface area contributed by atoms with E-state index < -0.39 is 11.8 Å². The largest absolute Gasteiger partial charge is 0.506 e. The van der Waals surface area contributed by atoms with E-state index in [-0.39, 0.29) is 52.3 Å². The molecule has 2 aromatic heterocycles. The monoisotopic (exact) mass is 622 g/mol. The second-order valence-electron chi connectivity index (χ2n) is 9.59. The SMILES string of the molecule is Cl.O=C1CN(CCn2cccc(-c3ccc(C(=O)Nc4c(O)cccc4C(=O)Nc4ccc(Cl)cn4)cc3)c2=O)CCN1. The number of phenolic OH excluding ortho intramolecular Hbond substituents is 1. The van der Waals surface area contributed by atoms with Gasteiger partial charge in [-0.15, -0.1) is 12.4 Å². The maximum absolute atomic E-state index is 13.2. The van der Waals surface area contributed by atoms with Crippen molar-refractivity contribution >= 4 is 53.2 Å². The fourth-order valence-electron chi connectivity index (χ4n) is 4.55. The molecule has 0 saturated carbocycles. The fourth-order valence-corrected chi connectivity index (χ4v) is 4.66. The van der Waals surface area contributed by atoms with E-state index in [9.17, 15) is 24.3 Å². The Hall–Kier alpha value is -4.71. The molecule has 0 aliphatic carbocycles. The third kappa shape index (κ3) is 7.58. The summed E-state index contributed by atoms with van der Waals surface area (Å²) in [4.78, 5) is 56.8. The van der Waals surface area contributed by atoms with Gasteiger partial charge in [-0.3, -0.25) is 24.1 Å². The molecular weight excluding hydrogens is 595 g/mol. The Kier molecular flexibility index (Phi) is 10.1. The van der Waals surface area contributed by atoms with Gasteiger partial charge in [0.2, 0.25) is 5.91 Å². The summed E-state index contributed by atoms with van der Waals surface area (Å²) in [5.74, 6) is -1.21. The van der Waals surface area contributed by atoms with Gasteiger partial charge in [-0.05, 0) is 54.1 Å². The summed E-state index contributed by atoms with van der Waals surface area (Å²) < 4.78 is 1.60. The zero-order valence-electron chi connectivity index (χ0n) is 22.7. The number of halogens is 2. The first kappa shape index (κ1) is 31.2. The van der Waals surface area contributed by atoms with Crippen molar-refractivity contribution in [1.82, 2.24) is 19.8 Å². The van der Waals surface area contributed by atoms with E-state index in [1.807, 2.05) is 4.90 Å². The van der Waals surface area contributed by atoms with Crippen LogP contribution in [0.15, 0.2) is 83.9 Å². The topological polar surface area (TPSA) is 146 Å². The van der Waals surface area contributed by atoms with Gasteiger partial charge in [0.25, 0.3) is 17.4 Å². The maximum atomic E-state index is 13.2. The highest BCUT2D eigenvalue weighted by atomic mass is 35.5. The van der Waals surface area contributed by atoms with Gasteiger partial charge in [-0.25, -0.2) is 4.98 Å². The number of carbonyl (C=O) groups excluding carboxylic acids is 3. The quantitative estimate of drug-likeness (QED) is 0.220. The van der Waals surface area contributed by atoms with Gasteiger partial charge in [-0.2, -0.15) is 0 Å². The fraction of sp³-hybridized carbons (Fsp3) is 0.167. The molecule has 5 rings (SSSR count). The number of aromatic nitrogens is 2. The third-order valence-corrected chi connectivity index (χ3v) is 6.97. The normalized spacial score (nSPS) is 13.0. The van der Waals surface area contributed by atoms with Crippen LogP contribution in [0.5, 0.6) is 5.75 Å². The van der Waals surface area contributed by atoms with E-state index >= 15 is 0 Å². The molecule has 3 heterocycles. The molecule has 0 unspecified atom stereocenters. The van der Waals surface area contributed by atoms with Gasteiger partial charge in [0.1, 0.15) is 11.6 Å². The van der Waals surface area contributed by atoms with Gasteiger partial charge < -0.3 is 25.6 Å². The Morgan fingerprint density at radius 2 is 1.74 bits per heavy atom. The molecule has 0 spiro atoms. The lowest BCUT2D eigenvalue weighted by Crippen LogP contribution is -2.48. The van der Waals surface area contributed by atoms with Crippen LogP contribution in [-0.4, -0.2) is 63.5 Å². The van der Waals surface area contributed by atoms with Crippen molar-refractivity contribution in [2.75, 3.05) is 36.8 Å². The zero-order chi connectivity index (χ0) is 29.6. The lowest BCUT2D eigenvalue weighted by atomic mass is 10.0. The number of nitrogens with one attached hydrogen (secondary N) is 3. The second kappa shape index (κ2) is 14.0. The van der Waals surface area contributed by atoms with E-state index in [2.05, 4.69) is 20.9 Å². The third-order valence-electron chi connectivity index (χ3n) is 6.75. The van der Waals surface area contributed by atoms with E-state index in [1.54, 1.807) is 53.2 Å². The van der Waals surface area contributed by atoms with Crippen molar-refractivity contribution in [3.8, 4) is 16.9 Å². The molecule has 1 aliphatic heterocycles. The lowest BCUT2D eigenvalue weighted by Gasteiger charge is -2.26. The Balaban J connectivity index is 0.00000423. The van der Waals surface area contributed by atoms with E-state index in [1.165, 1.54) is 30.5 Å². The Labute approximate surface area is 257 Å². The van der Waals surface area contributed by atoms with Crippen molar-refractivity contribution in [3.05, 3.63) is 106 Å². The Morgan fingerprint density at radius 3 is 2.47 bits per heavy atom. The number of hydrogen-bond donors (Lipinski definition) is 4. The lowest BCUT2D eigenvalue weighted by molar-refractivity contribution is -0.124. The van der Waals surface area contributed by atoms with Crippen LogP contribution < -0.4 is 21.5 Å². The van der Waals surface area contributed by atoms with Crippen LogP contribution in [-0.2, 0) is 11.3 Å².